The molecule has 5 heteroatoms. The molecule has 0 aromatic carbocycles. The predicted molar refractivity (Wildman–Crippen MR) is 67.2 cm³/mol. The molecule has 0 unspecified atom stereocenters. The zero-order chi connectivity index (χ0) is 12.1. The van der Waals surface area contributed by atoms with Crippen LogP contribution in [-0.4, -0.2) is 27.3 Å². The van der Waals surface area contributed by atoms with Gasteiger partial charge < -0.3 is 5.32 Å². The van der Waals surface area contributed by atoms with E-state index in [-0.39, 0.29) is 5.69 Å². The van der Waals surface area contributed by atoms with Crippen LogP contribution in [0.15, 0.2) is 29.2 Å². The van der Waals surface area contributed by atoms with Crippen LogP contribution < -0.4 is 11.0 Å². The topological polar surface area (TPSA) is 51.3 Å². The summed E-state index contributed by atoms with van der Waals surface area (Å²) in [6, 6.07) is 5.55. The van der Waals surface area contributed by atoms with Gasteiger partial charge in [-0.2, -0.15) is 0 Å². The Morgan fingerprint density at radius 3 is 3.00 bits per heavy atom. The molecule has 92 valence electrons. The molecule has 17 heavy (non-hydrogen) atoms. The fourth-order valence-corrected chi connectivity index (χ4v) is 1.73. The summed E-state index contributed by atoms with van der Waals surface area (Å²) in [7, 11) is 0. The van der Waals surface area contributed by atoms with Crippen molar-refractivity contribution in [1.82, 2.24) is 19.5 Å². The molecule has 1 N–H and O–H groups in total. The van der Waals surface area contributed by atoms with Crippen molar-refractivity contribution in [2.75, 3.05) is 13.1 Å². The smallest absolute Gasteiger partial charge is 0.315 e. The molecule has 0 fully saturated rings. The van der Waals surface area contributed by atoms with Crippen molar-refractivity contribution in [3.8, 4) is 0 Å². The number of rotatable bonds is 6. The molecule has 0 saturated heterocycles. The molecule has 0 spiro atoms. The summed E-state index contributed by atoms with van der Waals surface area (Å²) in [5, 5.41) is 7.55. The number of aromatic nitrogens is 3. The molecule has 5 nitrogen and oxygen atoms in total. The van der Waals surface area contributed by atoms with Crippen LogP contribution in [0.5, 0.6) is 0 Å². The van der Waals surface area contributed by atoms with E-state index in [1.807, 2.05) is 18.2 Å². The van der Waals surface area contributed by atoms with Crippen molar-refractivity contribution in [3.63, 3.8) is 0 Å². The summed E-state index contributed by atoms with van der Waals surface area (Å²) in [6.45, 7) is 4.56. The van der Waals surface area contributed by atoms with Gasteiger partial charge in [0, 0.05) is 12.7 Å². The lowest BCUT2D eigenvalue weighted by molar-refractivity contribution is 0.533. The van der Waals surface area contributed by atoms with E-state index >= 15 is 0 Å². The lowest BCUT2D eigenvalue weighted by atomic mass is 10.3. The first-order chi connectivity index (χ1) is 8.33. The van der Waals surface area contributed by atoms with Crippen LogP contribution in [0.4, 0.5) is 0 Å². The van der Waals surface area contributed by atoms with E-state index < -0.39 is 0 Å². The van der Waals surface area contributed by atoms with Crippen LogP contribution in [0.2, 0.25) is 0 Å². The highest BCUT2D eigenvalue weighted by Crippen LogP contribution is 1.94. The Balaban J connectivity index is 1.99. The molecule has 0 aliphatic rings. The van der Waals surface area contributed by atoms with Gasteiger partial charge in [0.15, 0.2) is 5.65 Å². The number of pyridine rings is 1. The number of hydrogen-bond donors (Lipinski definition) is 1. The minimum absolute atomic E-state index is 0.0714. The normalized spacial score (nSPS) is 11.1. The maximum atomic E-state index is 11.9. The summed E-state index contributed by atoms with van der Waals surface area (Å²) in [5.74, 6) is 0. The SMILES string of the molecule is CCCCNCCn1nc2ccccn2c1=O. The molecule has 0 saturated carbocycles. The van der Waals surface area contributed by atoms with Crippen LogP contribution >= 0.6 is 0 Å². The molecule has 2 aromatic heterocycles. The predicted octanol–water partition coefficient (Wildman–Crippen LogP) is 0.886. The van der Waals surface area contributed by atoms with Crippen molar-refractivity contribution in [3.05, 3.63) is 34.9 Å². The molecule has 2 rings (SSSR count). The van der Waals surface area contributed by atoms with E-state index in [1.165, 1.54) is 17.5 Å². The maximum Gasteiger partial charge on any atom is 0.350 e. The van der Waals surface area contributed by atoms with Crippen molar-refractivity contribution >= 4 is 5.65 Å². The van der Waals surface area contributed by atoms with Crippen LogP contribution in [0.25, 0.3) is 5.65 Å². The minimum atomic E-state index is -0.0714. The van der Waals surface area contributed by atoms with E-state index in [0.29, 0.717) is 12.2 Å². The second kappa shape index (κ2) is 5.63. The largest absolute Gasteiger partial charge is 0.350 e. The first kappa shape index (κ1) is 11.9. The highest BCUT2D eigenvalue weighted by Gasteiger charge is 2.04. The summed E-state index contributed by atoms with van der Waals surface area (Å²) >= 11 is 0. The van der Waals surface area contributed by atoms with Crippen molar-refractivity contribution in [2.45, 2.75) is 26.3 Å². The van der Waals surface area contributed by atoms with Gasteiger partial charge in [0.2, 0.25) is 0 Å². The second-order valence-electron chi connectivity index (χ2n) is 4.04. The molecule has 2 aromatic rings. The zero-order valence-electron chi connectivity index (χ0n) is 10.1. The van der Waals surface area contributed by atoms with Crippen molar-refractivity contribution < 1.29 is 0 Å². The van der Waals surface area contributed by atoms with Crippen LogP contribution in [-0.2, 0) is 6.54 Å². The summed E-state index contributed by atoms with van der Waals surface area (Å²) in [6.07, 6.45) is 4.09. The molecular formula is C12H18N4O. The van der Waals surface area contributed by atoms with Gasteiger partial charge in [0.25, 0.3) is 0 Å². The fourth-order valence-electron chi connectivity index (χ4n) is 1.73. The van der Waals surface area contributed by atoms with Gasteiger partial charge >= 0.3 is 5.69 Å². The van der Waals surface area contributed by atoms with E-state index in [9.17, 15) is 4.79 Å². The van der Waals surface area contributed by atoms with E-state index in [0.717, 1.165) is 13.1 Å². The average Bonchev–Trinajstić information content (AvgIpc) is 2.67. The molecule has 0 atom stereocenters. The van der Waals surface area contributed by atoms with Gasteiger partial charge in [-0.1, -0.05) is 19.4 Å². The van der Waals surface area contributed by atoms with Crippen LogP contribution in [0.3, 0.4) is 0 Å². The second-order valence-corrected chi connectivity index (χ2v) is 4.04. The van der Waals surface area contributed by atoms with E-state index in [2.05, 4.69) is 17.3 Å². The third-order valence-corrected chi connectivity index (χ3v) is 2.70. The molecular weight excluding hydrogens is 216 g/mol. The third-order valence-electron chi connectivity index (χ3n) is 2.70. The highest BCUT2D eigenvalue weighted by molar-refractivity contribution is 5.35. The Morgan fingerprint density at radius 1 is 1.35 bits per heavy atom. The number of hydrogen-bond acceptors (Lipinski definition) is 3. The number of unbranched alkanes of at least 4 members (excludes halogenated alkanes) is 1. The Labute approximate surface area is 100 Å². The summed E-state index contributed by atoms with van der Waals surface area (Å²) in [4.78, 5) is 11.9. The highest BCUT2D eigenvalue weighted by atomic mass is 16.2. The first-order valence-corrected chi connectivity index (χ1v) is 6.08. The van der Waals surface area contributed by atoms with Gasteiger partial charge in [0.05, 0.1) is 6.54 Å². The van der Waals surface area contributed by atoms with Gasteiger partial charge in [-0.3, -0.25) is 4.40 Å². The first-order valence-electron chi connectivity index (χ1n) is 6.08. The molecule has 2 heterocycles. The molecule has 0 bridgehead atoms. The van der Waals surface area contributed by atoms with Crippen LogP contribution in [0, 0.1) is 0 Å². The summed E-state index contributed by atoms with van der Waals surface area (Å²) in [5.41, 5.74) is 0.629. The lowest BCUT2D eigenvalue weighted by Gasteiger charge is -2.02. The molecule has 0 aliphatic heterocycles. The average molecular weight is 234 g/mol. The summed E-state index contributed by atoms with van der Waals surface area (Å²) < 4.78 is 3.07. The van der Waals surface area contributed by atoms with E-state index in [4.69, 9.17) is 0 Å². The number of nitrogens with one attached hydrogen (secondary N) is 1. The van der Waals surface area contributed by atoms with Crippen molar-refractivity contribution in [1.29, 1.82) is 0 Å². The van der Waals surface area contributed by atoms with Crippen LogP contribution in [0.1, 0.15) is 19.8 Å². The maximum absolute atomic E-state index is 11.9. The minimum Gasteiger partial charge on any atom is -0.315 e. The molecule has 0 radical (unpaired) electrons. The molecule has 0 aliphatic carbocycles. The number of fused-ring (bicyclic) bond motifs is 1. The zero-order valence-corrected chi connectivity index (χ0v) is 10.1. The fraction of sp³-hybridized carbons (Fsp3) is 0.500. The van der Waals surface area contributed by atoms with Gasteiger partial charge in [-0.05, 0) is 25.1 Å². The molecule has 0 amide bonds. The van der Waals surface area contributed by atoms with Crippen molar-refractivity contribution in [2.24, 2.45) is 0 Å². The lowest BCUT2D eigenvalue weighted by Crippen LogP contribution is -2.28. The third kappa shape index (κ3) is 2.74. The quantitative estimate of drug-likeness (QED) is 0.755. The number of nitrogens with zero attached hydrogens (tertiary/aromatic N) is 3. The Kier molecular flexibility index (Phi) is 3.93. The van der Waals surface area contributed by atoms with Gasteiger partial charge in [-0.25, -0.2) is 9.48 Å². The standard InChI is InChI=1S/C12H18N4O/c1-2-3-7-13-8-10-16-12(17)15-9-5-4-6-11(15)14-16/h4-6,9,13H,2-3,7-8,10H2,1H3. The Bertz CT molecular complexity index is 529. The van der Waals surface area contributed by atoms with E-state index in [1.54, 1.807) is 10.6 Å². The Hall–Kier alpha value is -1.62. The van der Waals surface area contributed by atoms with Gasteiger partial charge in [0.1, 0.15) is 0 Å². The Morgan fingerprint density at radius 2 is 2.24 bits per heavy atom. The monoisotopic (exact) mass is 234 g/mol. The van der Waals surface area contributed by atoms with Gasteiger partial charge in [-0.15, -0.1) is 5.10 Å².